The number of halogens is 3. The molecule has 0 saturated heterocycles. The molecule has 2 rings (SSSR count). The van der Waals surface area contributed by atoms with Crippen LogP contribution in [0, 0.1) is 11.6 Å². The standard InChI is InChI=1S/C14H11ClF2N2O/c15-11-5-2-6-12(17)14(11)18-8-13(20)19-10-4-1-3-9(16)7-10/h1-7,18H,8H2,(H,19,20). The lowest BCUT2D eigenvalue weighted by molar-refractivity contribution is -0.114. The molecule has 0 heterocycles. The Kier molecular flexibility index (Phi) is 4.53. The van der Waals surface area contributed by atoms with E-state index in [1.54, 1.807) is 6.07 Å². The molecule has 1 amide bonds. The Morgan fingerprint density at radius 2 is 1.90 bits per heavy atom. The fourth-order valence-corrected chi connectivity index (χ4v) is 1.84. The zero-order valence-electron chi connectivity index (χ0n) is 10.3. The second kappa shape index (κ2) is 6.34. The van der Waals surface area contributed by atoms with E-state index in [1.807, 2.05) is 0 Å². The van der Waals surface area contributed by atoms with Gasteiger partial charge in [-0.3, -0.25) is 4.79 Å². The third-order valence-electron chi connectivity index (χ3n) is 2.50. The summed E-state index contributed by atoms with van der Waals surface area (Å²) in [4.78, 5) is 11.7. The second-order valence-electron chi connectivity index (χ2n) is 4.01. The Hall–Kier alpha value is -2.14. The lowest BCUT2D eigenvalue weighted by atomic mass is 10.3. The van der Waals surface area contributed by atoms with Crippen LogP contribution in [0.4, 0.5) is 20.2 Å². The number of rotatable bonds is 4. The molecule has 0 radical (unpaired) electrons. The van der Waals surface area contributed by atoms with Gasteiger partial charge in [-0.25, -0.2) is 8.78 Å². The first-order valence-corrected chi connectivity index (χ1v) is 6.17. The molecule has 0 aliphatic carbocycles. The summed E-state index contributed by atoms with van der Waals surface area (Å²) in [5.41, 5.74) is 0.389. The largest absolute Gasteiger partial charge is 0.373 e. The molecule has 20 heavy (non-hydrogen) atoms. The average Bonchev–Trinajstić information content (AvgIpc) is 2.38. The van der Waals surface area contributed by atoms with Crippen molar-refractivity contribution < 1.29 is 13.6 Å². The molecule has 0 aliphatic rings. The van der Waals surface area contributed by atoms with Crippen LogP contribution in [0.5, 0.6) is 0 Å². The first-order valence-electron chi connectivity index (χ1n) is 5.79. The predicted octanol–water partition coefficient (Wildman–Crippen LogP) is 3.67. The van der Waals surface area contributed by atoms with Gasteiger partial charge < -0.3 is 10.6 Å². The van der Waals surface area contributed by atoms with E-state index in [9.17, 15) is 13.6 Å². The van der Waals surface area contributed by atoms with E-state index >= 15 is 0 Å². The number of anilines is 2. The van der Waals surface area contributed by atoms with Gasteiger partial charge in [0.25, 0.3) is 0 Å². The van der Waals surface area contributed by atoms with Crippen molar-refractivity contribution in [2.45, 2.75) is 0 Å². The van der Waals surface area contributed by atoms with Crippen molar-refractivity contribution in [2.75, 3.05) is 17.2 Å². The topological polar surface area (TPSA) is 41.1 Å². The molecule has 0 aromatic heterocycles. The van der Waals surface area contributed by atoms with Crippen LogP contribution in [0.25, 0.3) is 0 Å². The minimum Gasteiger partial charge on any atom is -0.373 e. The molecule has 104 valence electrons. The molecule has 2 aromatic rings. The van der Waals surface area contributed by atoms with Gasteiger partial charge in [0.2, 0.25) is 5.91 Å². The zero-order chi connectivity index (χ0) is 14.5. The Morgan fingerprint density at radius 3 is 2.60 bits per heavy atom. The number of carbonyl (C=O) groups is 1. The molecule has 0 bridgehead atoms. The van der Waals surface area contributed by atoms with Crippen molar-refractivity contribution in [3.8, 4) is 0 Å². The third-order valence-corrected chi connectivity index (χ3v) is 2.81. The van der Waals surface area contributed by atoms with Gasteiger partial charge in [0.05, 0.1) is 17.3 Å². The number of amides is 1. The molecule has 2 N–H and O–H groups in total. The SMILES string of the molecule is O=C(CNc1c(F)cccc1Cl)Nc1cccc(F)c1. The molecule has 0 saturated carbocycles. The summed E-state index contributed by atoms with van der Waals surface area (Å²) in [7, 11) is 0. The predicted molar refractivity (Wildman–Crippen MR) is 74.9 cm³/mol. The van der Waals surface area contributed by atoms with Crippen molar-refractivity contribution >= 4 is 28.9 Å². The quantitative estimate of drug-likeness (QED) is 0.904. The maximum Gasteiger partial charge on any atom is 0.243 e. The molecular weight excluding hydrogens is 286 g/mol. The molecular formula is C14H11ClF2N2O. The van der Waals surface area contributed by atoms with Crippen LogP contribution in [0.3, 0.4) is 0 Å². The van der Waals surface area contributed by atoms with Crippen LogP contribution in [-0.4, -0.2) is 12.5 Å². The highest BCUT2D eigenvalue weighted by Crippen LogP contribution is 2.24. The van der Waals surface area contributed by atoms with E-state index in [0.29, 0.717) is 5.69 Å². The van der Waals surface area contributed by atoms with Crippen LogP contribution in [-0.2, 0) is 4.79 Å². The van der Waals surface area contributed by atoms with Gasteiger partial charge in [-0.2, -0.15) is 0 Å². The van der Waals surface area contributed by atoms with Crippen LogP contribution in [0.2, 0.25) is 5.02 Å². The molecule has 2 aromatic carbocycles. The number of benzene rings is 2. The molecule has 0 atom stereocenters. The van der Waals surface area contributed by atoms with Crippen molar-refractivity contribution in [2.24, 2.45) is 0 Å². The van der Waals surface area contributed by atoms with Crippen LogP contribution < -0.4 is 10.6 Å². The summed E-state index contributed by atoms with van der Waals surface area (Å²) >= 11 is 5.81. The number of hydrogen-bond donors (Lipinski definition) is 2. The van der Waals surface area contributed by atoms with Crippen molar-refractivity contribution in [1.29, 1.82) is 0 Å². The van der Waals surface area contributed by atoms with Gasteiger partial charge in [0.15, 0.2) is 0 Å². The maximum atomic E-state index is 13.5. The van der Waals surface area contributed by atoms with E-state index in [-0.39, 0.29) is 17.3 Å². The van der Waals surface area contributed by atoms with Crippen LogP contribution in [0.15, 0.2) is 42.5 Å². The fourth-order valence-electron chi connectivity index (χ4n) is 1.61. The van der Waals surface area contributed by atoms with Gasteiger partial charge in [0, 0.05) is 5.69 Å². The van der Waals surface area contributed by atoms with Crippen molar-refractivity contribution in [1.82, 2.24) is 0 Å². The highest BCUT2D eigenvalue weighted by Gasteiger charge is 2.08. The molecule has 0 fully saturated rings. The van der Waals surface area contributed by atoms with E-state index in [1.165, 1.54) is 36.4 Å². The minimum absolute atomic E-state index is 0.0589. The lowest BCUT2D eigenvalue weighted by Crippen LogP contribution is -2.22. The Bertz CT molecular complexity index is 614. The molecule has 0 unspecified atom stereocenters. The lowest BCUT2D eigenvalue weighted by Gasteiger charge is -2.10. The van der Waals surface area contributed by atoms with Gasteiger partial charge in [-0.15, -0.1) is 0 Å². The van der Waals surface area contributed by atoms with E-state index in [0.717, 1.165) is 0 Å². The molecule has 0 aliphatic heterocycles. The summed E-state index contributed by atoms with van der Waals surface area (Å²) in [5.74, 6) is -1.43. The molecule has 6 heteroatoms. The number of para-hydroxylation sites is 1. The number of hydrogen-bond acceptors (Lipinski definition) is 2. The summed E-state index contributed by atoms with van der Waals surface area (Å²) in [6, 6.07) is 9.70. The Labute approximate surface area is 119 Å². The van der Waals surface area contributed by atoms with Crippen molar-refractivity contribution in [3.05, 3.63) is 59.1 Å². The van der Waals surface area contributed by atoms with Gasteiger partial charge >= 0.3 is 0 Å². The summed E-state index contributed by atoms with van der Waals surface area (Å²) in [6.07, 6.45) is 0. The fraction of sp³-hybridized carbons (Fsp3) is 0.0714. The number of nitrogens with one attached hydrogen (secondary N) is 2. The first kappa shape index (κ1) is 14.3. The molecule has 0 spiro atoms. The molecule has 3 nitrogen and oxygen atoms in total. The van der Waals surface area contributed by atoms with Gasteiger partial charge in [0.1, 0.15) is 11.6 Å². The summed E-state index contributed by atoms with van der Waals surface area (Å²) in [5, 5.41) is 5.27. The summed E-state index contributed by atoms with van der Waals surface area (Å²) in [6.45, 7) is -0.183. The average molecular weight is 297 g/mol. The van der Waals surface area contributed by atoms with E-state index < -0.39 is 17.5 Å². The third kappa shape index (κ3) is 3.68. The van der Waals surface area contributed by atoms with Gasteiger partial charge in [-0.05, 0) is 30.3 Å². The van der Waals surface area contributed by atoms with Crippen molar-refractivity contribution in [3.63, 3.8) is 0 Å². The Morgan fingerprint density at radius 1 is 1.15 bits per heavy atom. The van der Waals surface area contributed by atoms with Crippen LogP contribution >= 0.6 is 11.6 Å². The highest BCUT2D eigenvalue weighted by molar-refractivity contribution is 6.33. The smallest absolute Gasteiger partial charge is 0.243 e. The first-order chi connectivity index (χ1) is 9.56. The Balaban J connectivity index is 1.96. The second-order valence-corrected chi connectivity index (χ2v) is 4.42. The zero-order valence-corrected chi connectivity index (χ0v) is 11.0. The number of carbonyl (C=O) groups excluding carboxylic acids is 1. The van der Waals surface area contributed by atoms with E-state index in [4.69, 9.17) is 11.6 Å². The summed E-state index contributed by atoms with van der Waals surface area (Å²) < 4.78 is 26.4. The normalized spacial score (nSPS) is 10.2. The van der Waals surface area contributed by atoms with Crippen LogP contribution in [0.1, 0.15) is 0 Å². The highest BCUT2D eigenvalue weighted by atomic mass is 35.5. The maximum absolute atomic E-state index is 13.5. The van der Waals surface area contributed by atoms with Gasteiger partial charge in [-0.1, -0.05) is 23.7 Å². The minimum atomic E-state index is -0.545. The van der Waals surface area contributed by atoms with E-state index in [2.05, 4.69) is 10.6 Å². The monoisotopic (exact) mass is 296 g/mol.